The summed E-state index contributed by atoms with van der Waals surface area (Å²) in [6, 6.07) is 0. The lowest BCUT2D eigenvalue weighted by molar-refractivity contribution is 1.39. The SMILES string of the molecule is C/C=C(C)/C=C\C=C(C)C. The molecule has 0 saturated carbocycles. The van der Waals surface area contributed by atoms with Crippen molar-refractivity contribution in [2.24, 2.45) is 0 Å². The minimum absolute atomic E-state index is 1.30. The van der Waals surface area contributed by atoms with Crippen molar-refractivity contribution in [3.05, 3.63) is 35.5 Å². The Morgan fingerprint density at radius 1 is 1.10 bits per heavy atom. The smallest absolute Gasteiger partial charge is 0.0401 e. The van der Waals surface area contributed by atoms with E-state index in [1.54, 1.807) is 0 Å². The molecule has 0 aromatic rings. The summed E-state index contributed by atoms with van der Waals surface area (Å²) < 4.78 is 0. The molecule has 0 atom stereocenters. The molecule has 0 aliphatic rings. The second-order valence-electron chi connectivity index (χ2n) is 2.64. The molecule has 0 heterocycles. The highest BCUT2D eigenvalue weighted by Crippen LogP contribution is 1.95. The predicted octanol–water partition coefficient (Wildman–Crippen LogP) is 3.48. The van der Waals surface area contributed by atoms with Gasteiger partial charge in [0.1, 0.15) is 0 Å². The van der Waals surface area contributed by atoms with Crippen molar-refractivity contribution in [1.29, 1.82) is 0 Å². The van der Waals surface area contributed by atoms with E-state index in [2.05, 4.69) is 45.1 Å². The molecule has 0 unspecified atom stereocenters. The molecule has 0 amide bonds. The molecule has 56 valence electrons. The summed E-state index contributed by atoms with van der Waals surface area (Å²) in [5, 5.41) is 0. The zero-order chi connectivity index (χ0) is 7.98. The van der Waals surface area contributed by atoms with E-state index in [9.17, 15) is 0 Å². The van der Waals surface area contributed by atoms with Crippen LogP contribution in [0.25, 0.3) is 0 Å². The maximum Gasteiger partial charge on any atom is -0.0401 e. The van der Waals surface area contributed by atoms with Gasteiger partial charge in [0.05, 0.1) is 0 Å². The van der Waals surface area contributed by atoms with Gasteiger partial charge in [-0.2, -0.15) is 0 Å². The highest BCUT2D eigenvalue weighted by molar-refractivity contribution is 5.20. The van der Waals surface area contributed by atoms with Gasteiger partial charge in [-0.15, -0.1) is 0 Å². The van der Waals surface area contributed by atoms with Crippen molar-refractivity contribution in [2.45, 2.75) is 27.7 Å². The highest BCUT2D eigenvalue weighted by Gasteiger charge is 1.74. The molecule has 10 heavy (non-hydrogen) atoms. The van der Waals surface area contributed by atoms with Crippen LogP contribution < -0.4 is 0 Å². The lowest BCUT2D eigenvalue weighted by Gasteiger charge is -1.85. The topological polar surface area (TPSA) is 0 Å². The van der Waals surface area contributed by atoms with E-state index in [1.165, 1.54) is 11.1 Å². The number of hydrogen-bond donors (Lipinski definition) is 0. The van der Waals surface area contributed by atoms with Crippen LogP contribution in [0.5, 0.6) is 0 Å². The van der Waals surface area contributed by atoms with Crippen LogP contribution in [0.2, 0.25) is 0 Å². The predicted molar refractivity (Wildman–Crippen MR) is 48.0 cm³/mol. The standard InChI is InChI=1S/C10H16/c1-5-10(4)8-6-7-9(2)3/h5-8H,1-4H3/b8-6-,10-5+. The average molecular weight is 136 g/mol. The Kier molecular flexibility index (Phi) is 4.65. The number of rotatable bonds is 2. The third kappa shape index (κ3) is 5.36. The first-order valence-electron chi connectivity index (χ1n) is 3.61. The third-order valence-electron chi connectivity index (χ3n) is 1.24. The summed E-state index contributed by atoms with van der Waals surface area (Å²) in [6.45, 7) is 8.32. The Hall–Kier alpha value is -0.780. The van der Waals surface area contributed by atoms with E-state index >= 15 is 0 Å². The van der Waals surface area contributed by atoms with Gasteiger partial charge in [0.25, 0.3) is 0 Å². The Bertz CT molecular complexity index is 164. The molecular formula is C10H16. The molecule has 0 N–H and O–H groups in total. The van der Waals surface area contributed by atoms with Gasteiger partial charge in [-0.1, -0.05) is 35.5 Å². The average Bonchev–Trinajstić information content (AvgIpc) is 1.87. The lowest BCUT2D eigenvalue weighted by atomic mass is 10.2. The fourth-order valence-corrected chi connectivity index (χ4v) is 0.489. The Morgan fingerprint density at radius 2 is 1.70 bits per heavy atom. The molecule has 0 fully saturated rings. The van der Waals surface area contributed by atoms with Crippen molar-refractivity contribution in [3.8, 4) is 0 Å². The molecule has 0 nitrogen and oxygen atoms in total. The largest absolute Gasteiger partial charge is 0.0847 e. The van der Waals surface area contributed by atoms with E-state index in [0.717, 1.165) is 0 Å². The number of allylic oxidation sites excluding steroid dienone is 6. The first-order chi connectivity index (χ1) is 4.66. The van der Waals surface area contributed by atoms with E-state index in [4.69, 9.17) is 0 Å². The maximum atomic E-state index is 2.10. The van der Waals surface area contributed by atoms with E-state index in [1.807, 2.05) is 6.92 Å². The van der Waals surface area contributed by atoms with Crippen molar-refractivity contribution in [1.82, 2.24) is 0 Å². The van der Waals surface area contributed by atoms with Crippen LogP contribution >= 0.6 is 0 Å². The van der Waals surface area contributed by atoms with E-state index in [0.29, 0.717) is 0 Å². The second-order valence-corrected chi connectivity index (χ2v) is 2.64. The quantitative estimate of drug-likeness (QED) is 0.510. The van der Waals surface area contributed by atoms with Crippen LogP contribution in [0.1, 0.15) is 27.7 Å². The van der Waals surface area contributed by atoms with Crippen molar-refractivity contribution in [2.75, 3.05) is 0 Å². The monoisotopic (exact) mass is 136 g/mol. The molecule has 0 heteroatoms. The van der Waals surface area contributed by atoms with Crippen LogP contribution in [0.4, 0.5) is 0 Å². The molecule has 0 bridgehead atoms. The van der Waals surface area contributed by atoms with Crippen molar-refractivity contribution in [3.63, 3.8) is 0 Å². The molecule has 0 aliphatic heterocycles. The van der Waals surface area contributed by atoms with Gasteiger partial charge in [-0.3, -0.25) is 0 Å². The van der Waals surface area contributed by atoms with E-state index < -0.39 is 0 Å². The molecule has 0 saturated heterocycles. The van der Waals surface area contributed by atoms with Crippen LogP contribution in [0, 0.1) is 0 Å². The Balaban J connectivity index is 3.90. The van der Waals surface area contributed by atoms with Gasteiger partial charge in [0.15, 0.2) is 0 Å². The summed E-state index contributed by atoms with van der Waals surface area (Å²) in [5.41, 5.74) is 2.64. The van der Waals surface area contributed by atoms with Crippen molar-refractivity contribution < 1.29 is 0 Å². The highest BCUT2D eigenvalue weighted by atomic mass is 13.8. The zero-order valence-electron chi connectivity index (χ0n) is 7.31. The van der Waals surface area contributed by atoms with Crippen LogP contribution in [-0.2, 0) is 0 Å². The van der Waals surface area contributed by atoms with Gasteiger partial charge in [0.2, 0.25) is 0 Å². The first-order valence-corrected chi connectivity index (χ1v) is 3.61. The van der Waals surface area contributed by atoms with Gasteiger partial charge < -0.3 is 0 Å². The van der Waals surface area contributed by atoms with Crippen LogP contribution in [0.3, 0.4) is 0 Å². The maximum absolute atomic E-state index is 2.10. The minimum atomic E-state index is 1.30. The summed E-state index contributed by atoms with van der Waals surface area (Å²) in [5.74, 6) is 0. The van der Waals surface area contributed by atoms with Crippen LogP contribution in [0.15, 0.2) is 35.5 Å². The third-order valence-corrected chi connectivity index (χ3v) is 1.24. The van der Waals surface area contributed by atoms with Crippen LogP contribution in [-0.4, -0.2) is 0 Å². The minimum Gasteiger partial charge on any atom is -0.0847 e. The molecule has 0 rings (SSSR count). The zero-order valence-corrected chi connectivity index (χ0v) is 7.31. The molecule has 0 aromatic carbocycles. The first kappa shape index (κ1) is 9.22. The van der Waals surface area contributed by atoms with Crippen molar-refractivity contribution >= 4 is 0 Å². The van der Waals surface area contributed by atoms with E-state index in [-0.39, 0.29) is 0 Å². The molecule has 0 aromatic heterocycles. The second kappa shape index (κ2) is 5.04. The molecule has 0 spiro atoms. The number of hydrogen-bond acceptors (Lipinski definition) is 0. The fourth-order valence-electron chi connectivity index (χ4n) is 0.489. The van der Waals surface area contributed by atoms with Gasteiger partial charge in [0, 0.05) is 0 Å². The molecule has 0 radical (unpaired) electrons. The van der Waals surface area contributed by atoms with Gasteiger partial charge >= 0.3 is 0 Å². The fraction of sp³-hybridized carbons (Fsp3) is 0.400. The molecular weight excluding hydrogens is 120 g/mol. The van der Waals surface area contributed by atoms with Gasteiger partial charge in [-0.05, 0) is 27.7 Å². The normalized spacial score (nSPS) is 12.2. The lowest BCUT2D eigenvalue weighted by Crippen LogP contribution is -1.64. The van der Waals surface area contributed by atoms with Gasteiger partial charge in [-0.25, -0.2) is 0 Å². The summed E-state index contributed by atoms with van der Waals surface area (Å²) in [4.78, 5) is 0. The Morgan fingerprint density at radius 3 is 2.10 bits per heavy atom. The summed E-state index contributed by atoms with van der Waals surface area (Å²) in [6.07, 6.45) is 8.38. The summed E-state index contributed by atoms with van der Waals surface area (Å²) in [7, 11) is 0. The Labute approximate surface area is 64.0 Å². The summed E-state index contributed by atoms with van der Waals surface area (Å²) >= 11 is 0. The molecule has 0 aliphatic carbocycles.